The van der Waals surface area contributed by atoms with Crippen LogP contribution in [0.3, 0.4) is 0 Å². The smallest absolute Gasteiger partial charge is 0.0543 e. The van der Waals surface area contributed by atoms with E-state index in [0.29, 0.717) is 12.1 Å². The van der Waals surface area contributed by atoms with Gasteiger partial charge in [-0.1, -0.05) is 36.7 Å². The van der Waals surface area contributed by atoms with Gasteiger partial charge >= 0.3 is 0 Å². The molecule has 0 spiro atoms. The number of halogens is 1. The molecule has 0 saturated carbocycles. The molecule has 0 aliphatic heterocycles. The predicted molar refractivity (Wildman–Crippen MR) is 73.6 cm³/mol. The zero-order chi connectivity index (χ0) is 12.7. The minimum Gasteiger partial charge on any atom is -0.382 e. The number of hydrogen-bond donors (Lipinski definition) is 1. The lowest BCUT2D eigenvalue weighted by molar-refractivity contribution is 0.106. The molecule has 0 aliphatic rings. The van der Waals surface area contributed by atoms with Gasteiger partial charge in [-0.05, 0) is 37.9 Å². The highest BCUT2D eigenvalue weighted by Gasteiger charge is 2.14. The zero-order valence-corrected chi connectivity index (χ0v) is 11.6. The second kappa shape index (κ2) is 7.70. The van der Waals surface area contributed by atoms with Gasteiger partial charge in [-0.15, -0.1) is 0 Å². The third kappa shape index (κ3) is 4.66. The summed E-state index contributed by atoms with van der Waals surface area (Å²) >= 11 is 6.23. The highest BCUT2D eigenvalue weighted by atomic mass is 35.5. The van der Waals surface area contributed by atoms with E-state index in [-0.39, 0.29) is 0 Å². The molecule has 2 unspecified atom stereocenters. The van der Waals surface area contributed by atoms with Gasteiger partial charge in [0.15, 0.2) is 0 Å². The van der Waals surface area contributed by atoms with Gasteiger partial charge in [0.05, 0.1) is 6.10 Å². The minimum atomic E-state index is 0.290. The summed E-state index contributed by atoms with van der Waals surface area (Å²) in [6.07, 6.45) is 2.35. The van der Waals surface area contributed by atoms with Crippen LogP contribution in [0.15, 0.2) is 24.3 Å². The van der Waals surface area contributed by atoms with Crippen LogP contribution >= 0.6 is 11.6 Å². The van der Waals surface area contributed by atoms with Crippen molar-refractivity contribution in [2.24, 2.45) is 0 Å². The summed E-state index contributed by atoms with van der Waals surface area (Å²) in [5.74, 6) is 0. The molecule has 0 heterocycles. The fourth-order valence-electron chi connectivity index (χ4n) is 1.89. The first-order valence-corrected chi connectivity index (χ1v) is 6.57. The Hall–Kier alpha value is -0.570. The van der Waals surface area contributed by atoms with E-state index >= 15 is 0 Å². The maximum atomic E-state index is 6.23. The Balaban J connectivity index is 2.68. The SMILES string of the molecule is CCNC(CCC(C)OC)c1ccccc1Cl. The Bertz CT molecular complexity index is 330. The van der Waals surface area contributed by atoms with Crippen molar-refractivity contribution in [3.8, 4) is 0 Å². The van der Waals surface area contributed by atoms with Gasteiger partial charge < -0.3 is 10.1 Å². The molecule has 1 N–H and O–H groups in total. The Kier molecular flexibility index (Phi) is 6.56. The average molecular weight is 256 g/mol. The van der Waals surface area contributed by atoms with Gasteiger partial charge in [0, 0.05) is 18.2 Å². The molecule has 96 valence electrons. The molecule has 3 heteroatoms. The van der Waals surface area contributed by atoms with Gasteiger partial charge in [-0.3, -0.25) is 0 Å². The third-order valence-corrected chi connectivity index (χ3v) is 3.34. The highest BCUT2D eigenvalue weighted by molar-refractivity contribution is 6.31. The number of rotatable bonds is 7. The van der Waals surface area contributed by atoms with Gasteiger partial charge in [-0.2, -0.15) is 0 Å². The maximum absolute atomic E-state index is 6.23. The van der Waals surface area contributed by atoms with E-state index in [1.807, 2.05) is 18.2 Å². The summed E-state index contributed by atoms with van der Waals surface area (Å²) in [5.41, 5.74) is 1.18. The summed E-state index contributed by atoms with van der Waals surface area (Å²) in [6, 6.07) is 8.35. The second-order valence-electron chi connectivity index (χ2n) is 4.26. The first-order chi connectivity index (χ1) is 8.19. The van der Waals surface area contributed by atoms with Crippen molar-refractivity contribution in [2.45, 2.75) is 38.8 Å². The van der Waals surface area contributed by atoms with Gasteiger partial charge in [0.2, 0.25) is 0 Å². The Morgan fingerprint density at radius 2 is 2.00 bits per heavy atom. The Morgan fingerprint density at radius 3 is 2.59 bits per heavy atom. The summed E-state index contributed by atoms with van der Waals surface area (Å²) in [7, 11) is 1.75. The molecule has 0 saturated heterocycles. The molecule has 0 amide bonds. The number of methoxy groups -OCH3 is 1. The van der Waals surface area contributed by atoms with Crippen LogP contribution in [0.2, 0.25) is 5.02 Å². The minimum absolute atomic E-state index is 0.290. The number of hydrogen-bond acceptors (Lipinski definition) is 2. The van der Waals surface area contributed by atoms with E-state index in [4.69, 9.17) is 16.3 Å². The van der Waals surface area contributed by atoms with Crippen molar-refractivity contribution in [2.75, 3.05) is 13.7 Å². The van der Waals surface area contributed by atoms with Crippen LogP contribution in [0.1, 0.15) is 38.3 Å². The molecule has 0 radical (unpaired) electrons. The van der Waals surface area contributed by atoms with Crippen molar-refractivity contribution in [1.82, 2.24) is 5.32 Å². The van der Waals surface area contributed by atoms with E-state index in [2.05, 4.69) is 25.2 Å². The van der Waals surface area contributed by atoms with Gasteiger partial charge in [-0.25, -0.2) is 0 Å². The molecule has 0 fully saturated rings. The van der Waals surface area contributed by atoms with Gasteiger partial charge in [0.25, 0.3) is 0 Å². The van der Waals surface area contributed by atoms with Crippen molar-refractivity contribution in [3.05, 3.63) is 34.9 Å². The summed E-state index contributed by atoms with van der Waals surface area (Å²) in [6.45, 7) is 5.15. The van der Waals surface area contributed by atoms with Crippen LogP contribution in [0.5, 0.6) is 0 Å². The van der Waals surface area contributed by atoms with Crippen LogP contribution in [-0.2, 0) is 4.74 Å². The zero-order valence-electron chi connectivity index (χ0n) is 10.9. The lowest BCUT2D eigenvalue weighted by Gasteiger charge is -2.21. The van der Waals surface area contributed by atoms with Crippen molar-refractivity contribution in [3.63, 3.8) is 0 Å². The summed E-state index contributed by atoms with van der Waals surface area (Å²) in [4.78, 5) is 0. The van der Waals surface area contributed by atoms with Gasteiger partial charge in [0.1, 0.15) is 0 Å². The molecule has 0 aromatic heterocycles. The predicted octanol–water partition coefficient (Wildman–Crippen LogP) is 3.81. The fraction of sp³-hybridized carbons (Fsp3) is 0.571. The fourth-order valence-corrected chi connectivity index (χ4v) is 2.16. The van der Waals surface area contributed by atoms with E-state index in [1.165, 1.54) is 5.56 Å². The molecule has 1 aromatic rings. The highest BCUT2D eigenvalue weighted by Crippen LogP contribution is 2.26. The van der Waals surface area contributed by atoms with Crippen LogP contribution in [0.4, 0.5) is 0 Å². The first-order valence-electron chi connectivity index (χ1n) is 6.19. The van der Waals surface area contributed by atoms with E-state index in [9.17, 15) is 0 Å². The Labute approximate surface area is 109 Å². The normalized spacial score (nSPS) is 14.6. The van der Waals surface area contributed by atoms with E-state index < -0.39 is 0 Å². The van der Waals surface area contributed by atoms with Crippen molar-refractivity contribution in [1.29, 1.82) is 0 Å². The molecule has 2 atom stereocenters. The molecule has 1 aromatic carbocycles. The summed E-state index contributed by atoms with van der Waals surface area (Å²) < 4.78 is 5.28. The molecular weight excluding hydrogens is 234 g/mol. The van der Waals surface area contributed by atoms with E-state index in [1.54, 1.807) is 7.11 Å². The van der Waals surface area contributed by atoms with Crippen LogP contribution in [0.25, 0.3) is 0 Å². The van der Waals surface area contributed by atoms with E-state index in [0.717, 1.165) is 24.4 Å². The molecule has 0 bridgehead atoms. The lowest BCUT2D eigenvalue weighted by atomic mass is 10.0. The summed E-state index contributed by atoms with van der Waals surface area (Å²) in [5, 5.41) is 4.32. The topological polar surface area (TPSA) is 21.3 Å². The molecule has 17 heavy (non-hydrogen) atoms. The molecule has 1 rings (SSSR count). The second-order valence-corrected chi connectivity index (χ2v) is 4.66. The lowest BCUT2D eigenvalue weighted by Crippen LogP contribution is -2.22. The Morgan fingerprint density at radius 1 is 1.29 bits per heavy atom. The van der Waals surface area contributed by atoms with Crippen LogP contribution in [0, 0.1) is 0 Å². The largest absolute Gasteiger partial charge is 0.382 e. The van der Waals surface area contributed by atoms with Crippen LogP contribution < -0.4 is 5.32 Å². The average Bonchev–Trinajstić information content (AvgIpc) is 2.35. The maximum Gasteiger partial charge on any atom is 0.0543 e. The third-order valence-electron chi connectivity index (χ3n) is 3.00. The van der Waals surface area contributed by atoms with Crippen molar-refractivity contribution < 1.29 is 4.74 Å². The number of benzene rings is 1. The quantitative estimate of drug-likeness (QED) is 0.800. The first kappa shape index (κ1) is 14.5. The molecular formula is C14H22ClNO. The molecule has 0 aliphatic carbocycles. The standard InChI is InChI=1S/C14H22ClNO/c1-4-16-14(10-9-11(2)17-3)12-7-5-6-8-13(12)15/h5-8,11,14,16H,4,9-10H2,1-3H3. The van der Waals surface area contributed by atoms with Crippen molar-refractivity contribution >= 4 is 11.6 Å². The number of nitrogens with one attached hydrogen (secondary N) is 1. The van der Waals surface area contributed by atoms with Crippen LogP contribution in [-0.4, -0.2) is 19.8 Å². The monoisotopic (exact) mass is 255 g/mol. The number of ether oxygens (including phenoxy) is 1. The molecule has 2 nitrogen and oxygen atoms in total.